The highest BCUT2D eigenvalue weighted by atomic mass is 16.5. The van der Waals surface area contributed by atoms with Crippen LogP contribution in [-0.4, -0.2) is 41.8 Å². The topological polar surface area (TPSA) is 102 Å². The van der Waals surface area contributed by atoms with E-state index >= 15 is 0 Å². The molecule has 0 rings (SSSR count). The van der Waals surface area contributed by atoms with Gasteiger partial charge in [-0.25, -0.2) is 4.79 Å². The Labute approximate surface area is 88.8 Å². The molecule has 0 aliphatic rings. The first-order valence-electron chi connectivity index (χ1n) is 4.70. The molecule has 6 heteroatoms. The number of hydrogen-bond acceptors (Lipinski definition) is 5. The van der Waals surface area contributed by atoms with Gasteiger partial charge in [0.15, 0.2) is 6.04 Å². The summed E-state index contributed by atoms with van der Waals surface area (Å²) < 4.78 is 4.65. The van der Waals surface area contributed by atoms with Crippen LogP contribution >= 0.6 is 0 Å². The molecular formula is C9H18N2O4. The highest BCUT2D eigenvalue weighted by Crippen LogP contribution is 1.98. The Morgan fingerprint density at radius 1 is 1.53 bits per heavy atom. The monoisotopic (exact) mass is 218 g/mol. The molecule has 0 unspecified atom stereocenters. The van der Waals surface area contributed by atoms with Gasteiger partial charge >= 0.3 is 5.97 Å². The zero-order valence-corrected chi connectivity index (χ0v) is 9.24. The van der Waals surface area contributed by atoms with E-state index in [4.69, 9.17) is 10.8 Å². The van der Waals surface area contributed by atoms with Crippen LogP contribution in [0.4, 0.5) is 0 Å². The molecule has 0 aromatic rings. The fourth-order valence-corrected chi connectivity index (χ4v) is 0.766. The maximum atomic E-state index is 11.4. The number of carbonyl (C=O) groups is 2. The molecule has 0 bridgehead atoms. The average Bonchev–Trinajstić information content (AvgIpc) is 2.12. The maximum Gasteiger partial charge on any atom is 0.331 e. The standard InChI is InChI=1S/C9H18N2O4/c1-4-15-7(13)6(5-12)11-8(14)9(2,3)10/h6,12H,4-5,10H2,1-3H3,(H,11,14)/t6-/m0/s1. The van der Waals surface area contributed by atoms with Gasteiger partial charge in [0.25, 0.3) is 0 Å². The van der Waals surface area contributed by atoms with Crippen LogP contribution in [0.3, 0.4) is 0 Å². The van der Waals surface area contributed by atoms with Crippen molar-refractivity contribution in [2.45, 2.75) is 32.4 Å². The summed E-state index contributed by atoms with van der Waals surface area (Å²) in [4.78, 5) is 22.6. The molecule has 0 fully saturated rings. The maximum absolute atomic E-state index is 11.4. The summed E-state index contributed by atoms with van der Waals surface area (Å²) in [6, 6.07) is -1.06. The molecule has 1 atom stereocenters. The molecule has 1 amide bonds. The number of nitrogens with two attached hydrogens (primary N) is 1. The molecule has 0 aromatic carbocycles. The minimum absolute atomic E-state index is 0.192. The molecule has 0 aliphatic carbocycles. The minimum atomic E-state index is -1.10. The Bertz CT molecular complexity index is 235. The summed E-state index contributed by atoms with van der Waals surface area (Å²) in [5.41, 5.74) is 4.41. The molecule has 88 valence electrons. The van der Waals surface area contributed by atoms with Gasteiger partial charge in [0.05, 0.1) is 18.8 Å². The predicted octanol–water partition coefficient (Wildman–Crippen LogP) is -1.24. The van der Waals surface area contributed by atoms with Gasteiger partial charge in [0.1, 0.15) is 0 Å². The molecule has 4 N–H and O–H groups in total. The summed E-state index contributed by atoms with van der Waals surface area (Å²) in [7, 11) is 0. The average molecular weight is 218 g/mol. The second-order valence-corrected chi connectivity index (χ2v) is 3.68. The summed E-state index contributed by atoms with van der Waals surface area (Å²) in [5, 5.41) is 11.2. The van der Waals surface area contributed by atoms with E-state index in [1.807, 2.05) is 0 Å². The van der Waals surface area contributed by atoms with E-state index in [0.717, 1.165) is 0 Å². The minimum Gasteiger partial charge on any atom is -0.464 e. The normalized spacial score (nSPS) is 13.1. The third kappa shape index (κ3) is 4.75. The smallest absolute Gasteiger partial charge is 0.331 e. The van der Waals surface area contributed by atoms with Crippen molar-refractivity contribution in [2.24, 2.45) is 5.73 Å². The van der Waals surface area contributed by atoms with E-state index in [0.29, 0.717) is 0 Å². The second-order valence-electron chi connectivity index (χ2n) is 3.68. The van der Waals surface area contributed by atoms with E-state index in [1.165, 1.54) is 13.8 Å². The quantitative estimate of drug-likeness (QED) is 0.501. The van der Waals surface area contributed by atoms with Crippen molar-refractivity contribution in [2.75, 3.05) is 13.2 Å². The van der Waals surface area contributed by atoms with Crippen LogP contribution in [0, 0.1) is 0 Å². The van der Waals surface area contributed by atoms with E-state index < -0.39 is 30.1 Å². The molecule has 0 saturated heterocycles. The lowest BCUT2D eigenvalue weighted by Gasteiger charge is -2.21. The van der Waals surface area contributed by atoms with Crippen LogP contribution in [0.1, 0.15) is 20.8 Å². The fourth-order valence-electron chi connectivity index (χ4n) is 0.766. The number of hydrogen-bond donors (Lipinski definition) is 3. The van der Waals surface area contributed by atoms with Crippen LogP contribution < -0.4 is 11.1 Å². The molecule has 0 saturated carbocycles. The summed E-state index contributed by atoms with van der Waals surface area (Å²) in [6.07, 6.45) is 0. The van der Waals surface area contributed by atoms with Gasteiger partial charge in [0, 0.05) is 0 Å². The van der Waals surface area contributed by atoms with Crippen molar-refractivity contribution < 1.29 is 19.4 Å². The molecular weight excluding hydrogens is 200 g/mol. The number of rotatable bonds is 5. The van der Waals surface area contributed by atoms with Crippen LogP contribution in [0.5, 0.6) is 0 Å². The van der Waals surface area contributed by atoms with Crippen LogP contribution in [0.15, 0.2) is 0 Å². The third-order valence-electron chi connectivity index (χ3n) is 1.64. The van der Waals surface area contributed by atoms with Gasteiger partial charge in [0.2, 0.25) is 5.91 Å². The van der Waals surface area contributed by atoms with Crippen molar-refractivity contribution in [3.05, 3.63) is 0 Å². The molecule has 0 radical (unpaired) electrons. The molecule has 0 aliphatic heterocycles. The van der Waals surface area contributed by atoms with Gasteiger partial charge < -0.3 is 20.9 Å². The number of aliphatic hydroxyl groups is 1. The number of ether oxygens (including phenoxy) is 1. The van der Waals surface area contributed by atoms with Crippen molar-refractivity contribution in [1.29, 1.82) is 0 Å². The largest absolute Gasteiger partial charge is 0.464 e. The number of aliphatic hydroxyl groups excluding tert-OH is 1. The number of esters is 1. The fraction of sp³-hybridized carbons (Fsp3) is 0.778. The molecule has 0 spiro atoms. The number of nitrogens with one attached hydrogen (secondary N) is 1. The van der Waals surface area contributed by atoms with Crippen molar-refractivity contribution >= 4 is 11.9 Å². The SMILES string of the molecule is CCOC(=O)[C@H](CO)NC(=O)C(C)(C)N. The van der Waals surface area contributed by atoms with Gasteiger partial charge in [-0.2, -0.15) is 0 Å². The van der Waals surface area contributed by atoms with Gasteiger partial charge in [-0.05, 0) is 20.8 Å². The zero-order valence-electron chi connectivity index (χ0n) is 9.24. The zero-order chi connectivity index (χ0) is 12.1. The lowest BCUT2D eigenvalue weighted by molar-refractivity contribution is -0.149. The number of carbonyl (C=O) groups excluding carboxylic acids is 2. The van der Waals surface area contributed by atoms with E-state index in [9.17, 15) is 9.59 Å². The first-order valence-corrected chi connectivity index (χ1v) is 4.70. The Hall–Kier alpha value is -1.14. The lowest BCUT2D eigenvalue weighted by atomic mass is 10.1. The Morgan fingerprint density at radius 3 is 2.40 bits per heavy atom. The van der Waals surface area contributed by atoms with Crippen molar-refractivity contribution in [1.82, 2.24) is 5.32 Å². The highest BCUT2D eigenvalue weighted by molar-refractivity contribution is 5.89. The molecule has 0 aromatic heterocycles. The molecule has 0 heterocycles. The van der Waals surface area contributed by atoms with E-state index in [-0.39, 0.29) is 6.61 Å². The van der Waals surface area contributed by atoms with Gasteiger partial charge in [-0.3, -0.25) is 4.79 Å². The summed E-state index contributed by atoms with van der Waals surface area (Å²) in [6.45, 7) is 4.32. The van der Waals surface area contributed by atoms with E-state index in [2.05, 4.69) is 10.1 Å². The summed E-state index contributed by atoms with van der Waals surface area (Å²) in [5.74, 6) is -1.19. The highest BCUT2D eigenvalue weighted by Gasteiger charge is 2.28. The van der Waals surface area contributed by atoms with E-state index in [1.54, 1.807) is 6.92 Å². The number of amides is 1. The first kappa shape index (κ1) is 13.9. The lowest BCUT2D eigenvalue weighted by Crippen LogP contribution is -2.55. The first-order chi connectivity index (χ1) is 6.82. The second kappa shape index (κ2) is 5.67. The summed E-state index contributed by atoms with van der Waals surface area (Å²) >= 11 is 0. The predicted molar refractivity (Wildman–Crippen MR) is 53.9 cm³/mol. The molecule has 6 nitrogen and oxygen atoms in total. The Morgan fingerprint density at radius 2 is 2.07 bits per heavy atom. The van der Waals surface area contributed by atoms with Crippen LogP contribution in [-0.2, 0) is 14.3 Å². The van der Waals surface area contributed by atoms with Crippen LogP contribution in [0.2, 0.25) is 0 Å². The van der Waals surface area contributed by atoms with Crippen LogP contribution in [0.25, 0.3) is 0 Å². The Balaban J connectivity index is 4.34. The van der Waals surface area contributed by atoms with Crippen molar-refractivity contribution in [3.63, 3.8) is 0 Å². The van der Waals surface area contributed by atoms with Gasteiger partial charge in [-0.1, -0.05) is 0 Å². The third-order valence-corrected chi connectivity index (χ3v) is 1.64. The Kier molecular flexibility index (Phi) is 5.24. The van der Waals surface area contributed by atoms with Gasteiger partial charge in [-0.15, -0.1) is 0 Å². The van der Waals surface area contributed by atoms with Crippen molar-refractivity contribution in [3.8, 4) is 0 Å². The molecule has 15 heavy (non-hydrogen) atoms.